The molecule has 1 aliphatic heterocycles. The highest BCUT2D eigenvalue weighted by molar-refractivity contribution is 5.88. The van der Waals surface area contributed by atoms with Crippen LogP contribution >= 0.6 is 0 Å². The van der Waals surface area contributed by atoms with Gasteiger partial charge in [-0.2, -0.15) is 0 Å². The molecule has 2 aromatic heterocycles. The molecule has 0 radical (unpaired) electrons. The minimum atomic E-state index is -0.438. The third-order valence-corrected chi connectivity index (χ3v) is 6.03. The zero-order valence-corrected chi connectivity index (χ0v) is 18.0. The van der Waals surface area contributed by atoms with E-state index in [4.69, 9.17) is 0 Å². The Morgan fingerprint density at radius 1 is 1.27 bits per heavy atom. The molecule has 3 heterocycles. The molecule has 156 valence electrons. The lowest BCUT2D eigenvalue weighted by Crippen LogP contribution is -2.43. The van der Waals surface area contributed by atoms with Gasteiger partial charge in [-0.15, -0.1) is 0 Å². The summed E-state index contributed by atoms with van der Waals surface area (Å²) in [6.07, 6.45) is 2.46. The van der Waals surface area contributed by atoms with Gasteiger partial charge in [0.1, 0.15) is 0 Å². The van der Waals surface area contributed by atoms with E-state index in [-0.39, 0.29) is 11.8 Å². The predicted molar refractivity (Wildman–Crippen MR) is 117 cm³/mol. The van der Waals surface area contributed by atoms with Crippen molar-refractivity contribution in [1.82, 2.24) is 20.2 Å². The molecular formula is C24H28N4O2. The van der Waals surface area contributed by atoms with E-state index in [0.29, 0.717) is 19.6 Å². The van der Waals surface area contributed by atoms with E-state index < -0.39 is 5.92 Å². The molecule has 0 spiro atoms. The molecule has 2 amide bonds. The van der Waals surface area contributed by atoms with Gasteiger partial charge >= 0.3 is 0 Å². The first-order valence-electron chi connectivity index (χ1n) is 10.4. The number of pyridine rings is 1. The standard InChI is InChI=1S/C24H28N4O2/c1-14-10-15(2)22-20(11-14)19(16(3)27-22)7-9-26-24(30)21-13-28(17(4)29)12-18-6-5-8-25-23(18)21/h5-6,8,10-11,21,27H,7,9,12-13H2,1-4H3,(H,26,30). The average molecular weight is 405 g/mol. The second-order valence-electron chi connectivity index (χ2n) is 8.27. The van der Waals surface area contributed by atoms with Crippen molar-refractivity contribution in [3.05, 3.63) is 64.1 Å². The monoisotopic (exact) mass is 404 g/mol. The Hall–Kier alpha value is -3.15. The molecule has 0 aliphatic carbocycles. The van der Waals surface area contributed by atoms with Crippen molar-refractivity contribution in [2.45, 2.75) is 46.6 Å². The molecule has 4 rings (SSSR count). The number of amides is 2. The van der Waals surface area contributed by atoms with Crippen molar-refractivity contribution < 1.29 is 9.59 Å². The van der Waals surface area contributed by atoms with Gasteiger partial charge in [0.2, 0.25) is 11.8 Å². The van der Waals surface area contributed by atoms with Crippen molar-refractivity contribution in [3.8, 4) is 0 Å². The van der Waals surface area contributed by atoms with Gasteiger partial charge in [0.15, 0.2) is 0 Å². The van der Waals surface area contributed by atoms with Crippen LogP contribution in [0.3, 0.4) is 0 Å². The third-order valence-electron chi connectivity index (χ3n) is 6.03. The Bertz CT molecular complexity index is 1130. The van der Waals surface area contributed by atoms with Crippen LogP contribution in [0.1, 0.15) is 46.5 Å². The lowest BCUT2D eigenvalue weighted by molar-refractivity contribution is -0.131. The van der Waals surface area contributed by atoms with Crippen LogP contribution in [-0.2, 0) is 22.6 Å². The molecule has 1 aromatic carbocycles. The highest BCUT2D eigenvalue weighted by atomic mass is 16.2. The molecule has 1 aliphatic rings. The highest BCUT2D eigenvalue weighted by Gasteiger charge is 2.32. The molecule has 0 saturated heterocycles. The van der Waals surface area contributed by atoms with E-state index in [0.717, 1.165) is 23.4 Å². The Labute approximate surface area is 176 Å². The number of carbonyl (C=O) groups excluding carboxylic acids is 2. The Morgan fingerprint density at radius 3 is 2.83 bits per heavy atom. The second-order valence-corrected chi connectivity index (χ2v) is 8.27. The number of nitrogens with one attached hydrogen (secondary N) is 2. The van der Waals surface area contributed by atoms with Gasteiger partial charge in [-0.25, -0.2) is 0 Å². The van der Waals surface area contributed by atoms with Crippen LogP contribution in [0.4, 0.5) is 0 Å². The summed E-state index contributed by atoms with van der Waals surface area (Å²) in [6.45, 7) is 9.27. The first-order chi connectivity index (χ1) is 14.3. The number of benzene rings is 1. The summed E-state index contributed by atoms with van der Waals surface area (Å²) >= 11 is 0. The molecule has 3 aromatic rings. The third kappa shape index (κ3) is 3.70. The van der Waals surface area contributed by atoms with Crippen molar-refractivity contribution in [2.24, 2.45) is 0 Å². The Morgan fingerprint density at radius 2 is 2.07 bits per heavy atom. The minimum absolute atomic E-state index is 0.0255. The number of carbonyl (C=O) groups is 2. The zero-order valence-electron chi connectivity index (χ0n) is 18.0. The van der Waals surface area contributed by atoms with E-state index in [9.17, 15) is 9.59 Å². The first kappa shape index (κ1) is 20.1. The van der Waals surface area contributed by atoms with Crippen LogP contribution in [-0.4, -0.2) is 39.8 Å². The van der Waals surface area contributed by atoms with Gasteiger partial charge < -0.3 is 15.2 Å². The number of aryl methyl sites for hydroxylation is 3. The number of hydrogen-bond donors (Lipinski definition) is 2. The summed E-state index contributed by atoms with van der Waals surface area (Å²) in [7, 11) is 0. The normalized spacial score (nSPS) is 15.9. The second kappa shape index (κ2) is 7.94. The van der Waals surface area contributed by atoms with Crippen molar-refractivity contribution in [1.29, 1.82) is 0 Å². The maximum atomic E-state index is 13.0. The van der Waals surface area contributed by atoms with Gasteiger partial charge in [0.05, 0.1) is 11.6 Å². The summed E-state index contributed by atoms with van der Waals surface area (Å²) < 4.78 is 0. The summed E-state index contributed by atoms with van der Waals surface area (Å²) in [4.78, 5) is 34.6. The lowest BCUT2D eigenvalue weighted by atomic mass is 9.93. The summed E-state index contributed by atoms with van der Waals surface area (Å²) in [6, 6.07) is 8.17. The number of hydrogen-bond acceptors (Lipinski definition) is 3. The summed E-state index contributed by atoms with van der Waals surface area (Å²) in [5.41, 5.74) is 7.74. The van der Waals surface area contributed by atoms with Crippen LogP contribution in [0.2, 0.25) is 0 Å². The number of aromatic amines is 1. The van der Waals surface area contributed by atoms with Gasteiger partial charge in [-0.1, -0.05) is 17.7 Å². The lowest BCUT2D eigenvalue weighted by Gasteiger charge is -2.32. The zero-order chi connectivity index (χ0) is 21.4. The number of rotatable bonds is 4. The van der Waals surface area contributed by atoms with Gasteiger partial charge in [0, 0.05) is 49.4 Å². The highest BCUT2D eigenvalue weighted by Crippen LogP contribution is 2.28. The van der Waals surface area contributed by atoms with Crippen LogP contribution in [0, 0.1) is 20.8 Å². The minimum Gasteiger partial charge on any atom is -0.358 e. The summed E-state index contributed by atoms with van der Waals surface area (Å²) in [5, 5.41) is 4.31. The molecule has 1 unspecified atom stereocenters. The smallest absolute Gasteiger partial charge is 0.230 e. The topological polar surface area (TPSA) is 78.1 Å². The molecular weight excluding hydrogens is 376 g/mol. The van der Waals surface area contributed by atoms with Crippen molar-refractivity contribution >= 4 is 22.7 Å². The summed E-state index contributed by atoms with van der Waals surface area (Å²) in [5.74, 6) is -0.541. The molecule has 6 heteroatoms. The van der Waals surface area contributed by atoms with E-state index >= 15 is 0 Å². The SMILES string of the molecule is CC(=O)N1Cc2cccnc2C(C(=O)NCCc2c(C)[nH]c3c(C)cc(C)cc23)C1. The Balaban J connectivity index is 1.50. The van der Waals surface area contributed by atoms with Crippen LogP contribution in [0.15, 0.2) is 30.5 Å². The number of fused-ring (bicyclic) bond motifs is 2. The molecule has 1 atom stereocenters. The maximum Gasteiger partial charge on any atom is 0.230 e. The quantitative estimate of drug-likeness (QED) is 0.700. The molecule has 2 N–H and O–H groups in total. The molecule has 0 bridgehead atoms. The van der Waals surface area contributed by atoms with Gasteiger partial charge in [-0.05, 0) is 56.0 Å². The largest absolute Gasteiger partial charge is 0.358 e. The molecule has 0 fully saturated rings. The molecule has 30 heavy (non-hydrogen) atoms. The van der Waals surface area contributed by atoms with E-state index in [1.54, 1.807) is 18.0 Å². The van der Waals surface area contributed by atoms with Crippen molar-refractivity contribution in [3.63, 3.8) is 0 Å². The molecule has 6 nitrogen and oxygen atoms in total. The number of nitrogens with zero attached hydrogens (tertiary/aromatic N) is 2. The maximum absolute atomic E-state index is 13.0. The van der Waals surface area contributed by atoms with Crippen LogP contribution < -0.4 is 5.32 Å². The number of aromatic nitrogens is 2. The van der Waals surface area contributed by atoms with Crippen LogP contribution in [0.5, 0.6) is 0 Å². The fourth-order valence-corrected chi connectivity index (χ4v) is 4.51. The van der Waals surface area contributed by atoms with Crippen molar-refractivity contribution in [2.75, 3.05) is 13.1 Å². The average Bonchev–Trinajstić information content (AvgIpc) is 3.02. The van der Waals surface area contributed by atoms with Gasteiger partial charge in [0.25, 0.3) is 0 Å². The van der Waals surface area contributed by atoms with Crippen LogP contribution in [0.25, 0.3) is 10.9 Å². The first-order valence-corrected chi connectivity index (χ1v) is 10.4. The fourth-order valence-electron chi connectivity index (χ4n) is 4.51. The fraction of sp³-hybridized carbons (Fsp3) is 0.375. The van der Waals surface area contributed by atoms with E-state index in [2.05, 4.69) is 48.2 Å². The van der Waals surface area contributed by atoms with Gasteiger partial charge in [-0.3, -0.25) is 14.6 Å². The van der Waals surface area contributed by atoms with E-state index in [1.165, 1.54) is 27.6 Å². The Kier molecular flexibility index (Phi) is 5.33. The number of H-pyrrole nitrogens is 1. The predicted octanol–water partition coefficient (Wildman–Crippen LogP) is 3.29. The van der Waals surface area contributed by atoms with E-state index in [1.807, 2.05) is 12.1 Å². The molecule has 0 saturated carbocycles.